The number of aromatic amines is 1. The minimum absolute atomic E-state index is 0.185. The van der Waals surface area contributed by atoms with Gasteiger partial charge in [-0.15, -0.1) is 0 Å². The molecule has 7 nitrogen and oxygen atoms in total. The maximum Gasteiger partial charge on any atom is 0.338 e. The van der Waals surface area contributed by atoms with E-state index in [0.717, 1.165) is 27.7 Å². The summed E-state index contributed by atoms with van der Waals surface area (Å²) >= 11 is 1.33. The van der Waals surface area contributed by atoms with Crippen molar-refractivity contribution in [1.82, 2.24) is 9.55 Å². The Morgan fingerprint density at radius 3 is 2.66 bits per heavy atom. The van der Waals surface area contributed by atoms with Crippen molar-refractivity contribution in [3.63, 3.8) is 0 Å². The molecule has 8 heteroatoms. The Balaban J connectivity index is 1.72. The first-order valence-electron chi connectivity index (χ1n) is 11.4. The number of thiazole rings is 1. The Hall–Kier alpha value is -3.91. The van der Waals surface area contributed by atoms with E-state index >= 15 is 0 Å². The Bertz CT molecular complexity index is 1640. The smallest absolute Gasteiger partial charge is 0.338 e. The number of anilines is 1. The van der Waals surface area contributed by atoms with E-state index in [0.29, 0.717) is 20.6 Å². The number of carbonyl (C=O) groups excluding carboxylic acids is 1. The fourth-order valence-corrected chi connectivity index (χ4v) is 5.45. The highest BCUT2D eigenvalue weighted by Crippen LogP contribution is 2.31. The first-order valence-corrected chi connectivity index (χ1v) is 12.2. The Morgan fingerprint density at radius 1 is 1.20 bits per heavy atom. The largest absolute Gasteiger partial charge is 0.463 e. The number of hydrogen-bond acceptors (Lipinski definition) is 6. The predicted molar refractivity (Wildman–Crippen MR) is 139 cm³/mol. The van der Waals surface area contributed by atoms with Gasteiger partial charge < -0.3 is 14.6 Å². The number of nitrogens with zero attached hydrogens (tertiary/aromatic N) is 3. The molecule has 0 saturated heterocycles. The number of para-hydroxylation sites is 1. The van der Waals surface area contributed by atoms with Crippen LogP contribution in [0.3, 0.4) is 0 Å². The van der Waals surface area contributed by atoms with Gasteiger partial charge in [-0.2, -0.15) is 0 Å². The first kappa shape index (κ1) is 22.9. The van der Waals surface area contributed by atoms with Crippen molar-refractivity contribution in [1.29, 1.82) is 0 Å². The molecule has 0 spiro atoms. The summed E-state index contributed by atoms with van der Waals surface area (Å²) in [6, 6.07) is 15.2. The number of esters is 1. The second-order valence-electron chi connectivity index (χ2n) is 8.58. The minimum Gasteiger partial charge on any atom is -0.463 e. The molecule has 0 amide bonds. The fraction of sp³-hybridized carbons (Fsp3) is 0.222. The van der Waals surface area contributed by atoms with Crippen molar-refractivity contribution >= 4 is 40.0 Å². The maximum atomic E-state index is 13.8. The van der Waals surface area contributed by atoms with Crippen molar-refractivity contribution in [3.05, 3.63) is 96.8 Å². The molecule has 1 atom stereocenters. The van der Waals surface area contributed by atoms with Crippen LogP contribution in [-0.4, -0.2) is 36.2 Å². The number of hydrogen-bond donors (Lipinski definition) is 1. The van der Waals surface area contributed by atoms with Gasteiger partial charge in [-0.1, -0.05) is 41.7 Å². The van der Waals surface area contributed by atoms with E-state index in [2.05, 4.69) is 9.98 Å². The molecule has 0 aliphatic carbocycles. The second kappa shape index (κ2) is 9.03. The van der Waals surface area contributed by atoms with Crippen LogP contribution in [-0.2, 0) is 9.53 Å². The summed E-state index contributed by atoms with van der Waals surface area (Å²) in [5.74, 6) is -0.457. The lowest BCUT2D eigenvalue weighted by atomic mass is 9.95. The highest BCUT2D eigenvalue weighted by atomic mass is 32.1. The number of benzene rings is 2. The number of fused-ring (bicyclic) bond motifs is 2. The molecule has 4 aromatic rings. The van der Waals surface area contributed by atoms with Crippen molar-refractivity contribution in [2.24, 2.45) is 4.99 Å². The zero-order valence-corrected chi connectivity index (χ0v) is 20.8. The minimum atomic E-state index is -0.619. The van der Waals surface area contributed by atoms with Gasteiger partial charge in [0.05, 0.1) is 28.5 Å². The van der Waals surface area contributed by atoms with Gasteiger partial charge in [0.2, 0.25) is 0 Å². The number of H-pyrrole nitrogens is 1. The molecular weight excluding hydrogens is 460 g/mol. The Kier molecular flexibility index (Phi) is 5.90. The highest BCUT2D eigenvalue weighted by molar-refractivity contribution is 7.07. The van der Waals surface area contributed by atoms with E-state index in [1.165, 1.54) is 11.3 Å². The van der Waals surface area contributed by atoms with Crippen LogP contribution in [0.1, 0.15) is 31.0 Å². The van der Waals surface area contributed by atoms with Gasteiger partial charge in [0, 0.05) is 42.4 Å². The van der Waals surface area contributed by atoms with Crippen molar-refractivity contribution in [2.75, 3.05) is 25.6 Å². The summed E-state index contributed by atoms with van der Waals surface area (Å²) in [6.45, 7) is 3.81. The van der Waals surface area contributed by atoms with E-state index in [9.17, 15) is 9.59 Å². The quantitative estimate of drug-likeness (QED) is 0.439. The monoisotopic (exact) mass is 486 g/mol. The summed E-state index contributed by atoms with van der Waals surface area (Å²) in [5, 5.41) is 1.04. The molecule has 0 saturated carbocycles. The molecule has 1 unspecified atom stereocenters. The molecule has 1 aliphatic heterocycles. The van der Waals surface area contributed by atoms with Crippen LogP contribution in [0.4, 0.5) is 5.69 Å². The number of aromatic nitrogens is 2. The molecular formula is C27H26N4O3S. The lowest BCUT2D eigenvalue weighted by molar-refractivity contribution is -0.139. The van der Waals surface area contributed by atoms with Crippen LogP contribution in [0.25, 0.3) is 17.0 Å². The van der Waals surface area contributed by atoms with Gasteiger partial charge in [0.1, 0.15) is 0 Å². The number of rotatable bonds is 5. The highest BCUT2D eigenvalue weighted by Gasteiger charge is 2.33. The number of allylic oxidation sites excluding steroid dienone is 1. The molecule has 0 bridgehead atoms. The number of ether oxygens (including phenoxy) is 1. The van der Waals surface area contributed by atoms with Crippen LogP contribution < -0.4 is 19.8 Å². The normalized spacial score (nSPS) is 15.8. The Morgan fingerprint density at radius 2 is 1.94 bits per heavy atom. The SMILES string of the molecule is CCOC(=O)C1=C(C)N=c2s/c(=C\c3c[nH]c4ccccc34)c(=O)n2C1c1ccc(N(C)C)cc1. The molecule has 2 aromatic heterocycles. The lowest BCUT2D eigenvalue weighted by Gasteiger charge is -2.25. The summed E-state index contributed by atoms with van der Waals surface area (Å²) in [6.07, 6.45) is 3.79. The summed E-state index contributed by atoms with van der Waals surface area (Å²) < 4.78 is 7.55. The van der Waals surface area contributed by atoms with Crippen molar-refractivity contribution < 1.29 is 9.53 Å². The first-order chi connectivity index (χ1) is 16.9. The molecule has 1 N–H and O–H groups in total. The van der Waals surface area contributed by atoms with Crippen LogP contribution >= 0.6 is 11.3 Å². The predicted octanol–water partition coefficient (Wildman–Crippen LogP) is 3.35. The van der Waals surface area contributed by atoms with Crippen LogP contribution in [0.15, 0.2) is 75.8 Å². The summed E-state index contributed by atoms with van der Waals surface area (Å²) in [7, 11) is 3.94. The van der Waals surface area contributed by atoms with Gasteiger partial charge in [0.15, 0.2) is 4.80 Å². The van der Waals surface area contributed by atoms with E-state index in [-0.39, 0.29) is 12.2 Å². The standard InChI is InChI=1S/C27H26N4O3S/c1-5-34-26(33)23-16(2)29-27-31(24(23)17-10-12-19(13-11-17)30(3)4)25(32)22(35-27)14-18-15-28-21-9-7-6-8-20(18)21/h6-15,24,28H,5H2,1-4H3/b22-14-. The number of carbonyl (C=O) groups is 1. The molecule has 3 heterocycles. The maximum absolute atomic E-state index is 13.8. The zero-order chi connectivity index (χ0) is 24.7. The summed E-state index contributed by atoms with van der Waals surface area (Å²) in [4.78, 5) is 37.2. The van der Waals surface area contributed by atoms with Gasteiger partial charge >= 0.3 is 5.97 Å². The van der Waals surface area contributed by atoms with Crippen molar-refractivity contribution in [2.45, 2.75) is 19.9 Å². The fourth-order valence-electron chi connectivity index (χ4n) is 4.42. The average molecular weight is 487 g/mol. The molecule has 5 rings (SSSR count). The number of nitrogens with one attached hydrogen (secondary N) is 1. The van der Waals surface area contributed by atoms with Crippen molar-refractivity contribution in [3.8, 4) is 0 Å². The zero-order valence-electron chi connectivity index (χ0n) is 20.0. The lowest BCUT2D eigenvalue weighted by Crippen LogP contribution is -2.39. The van der Waals surface area contributed by atoms with E-state index in [1.807, 2.05) is 79.8 Å². The third-order valence-electron chi connectivity index (χ3n) is 6.15. The molecule has 2 aromatic carbocycles. The van der Waals surface area contributed by atoms with Gasteiger partial charge in [-0.05, 0) is 43.7 Å². The topological polar surface area (TPSA) is 79.7 Å². The van der Waals surface area contributed by atoms with E-state index in [4.69, 9.17) is 4.74 Å². The van der Waals surface area contributed by atoms with Crippen LogP contribution in [0.5, 0.6) is 0 Å². The van der Waals surface area contributed by atoms with Gasteiger partial charge in [-0.3, -0.25) is 9.36 Å². The van der Waals surface area contributed by atoms with Crippen LogP contribution in [0.2, 0.25) is 0 Å². The molecule has 35 heavy (non-hydrogen) atoms. The van der Waals surface area contributed by atoms with E-state index in [1.54, 1.807) is 18.4 Å². The molecule has 0 fully saturated rings. The van der Waals surface area contributed by atoms with Gasteiger partial charge in [-0.25, -0.2) is 9.79 Å². The van der Waals surface area contributed by atoms with Gasteiger partial charge in [0.25, 0.3) is 5.56 Å². The third kappa shape index (κ3) is 4.00. The summed E-state index contributed by atoms with van der Waals surface area (Å²) in [5.41, 5.74) is 4.55. The molecule has 0 radical (unpaired) electrons. The van der Waals surface area contributed by atoms with E-state index < -0.39 is 12.0 Å². The molecule has 1 aliphatic rings. The van der Waals surface area contributed by atoms with Crippen LogP contribution in [0, 0.1) is 0 Å². The molecule has 178 valence electrons. The second-order valence-corrected chi connectivity index (χ2v) is 9.59. The third-order valence-corrected chi connectivity index (χ3v) is 7.13. The Labute approximate surface area is 206 Å². The average Bonchev–Trinajstić information content (AvgIpc) is 3.39.